The Bertz CT molecular complexity index is 501. The van der Waals surface area contributed by atoms with Crippen LogP contribution in [0.5, 0.6) is 0 Å². The Morgan fingerprint density at radius 1 is 0.205 bits per heavy atom. The maximum absolute atomic E-state index is 2.62. The highest BCUT2D eigenvalue weighted by molar-refractivity contribution is 4.54. The van der Waals surface area contributed by atoms with Crippen LogP contribution in [0.1, 0.15) is 252 Å². The molecule has 0 aliphatic carbocycles. The van der Waals surface area contributed by atoms with Crippen molar-refractivity contribution in [3.8, 4) is 0 Å². The van der Waals surface area contributed by atoms with Crippen LogP contribution >= 0.6 is 0 Å². The third-order valence-corrected chi connectivity index (χ3v) is 10.7. The van der Waals surface area contributed by atoms with Crippen molar-refractivity contribution in [1.82, 2.24) is 0 Å². The van der Waals surface area contributed by atoms with Crippen molar-refractivity contribution in [2.75, 3.05) is 26.7 Å². The Morgan fingerprint density at radius 3 is 0.500 bits per heavy atom. The molecule has 0 saturated heterocycles. The van der Waals surface area contributed by atoms with Crippen LogP contribution in [0, 0.1) is 0 Å². The quantitative estimate of drug-likeness (QED) is 0.0473. The first-order chi connectivity index (χ1) is 21.7. The molecule has 0 rings (SSSR count). The van der Waals surface area contributed by atoms with Gasteiger partial charge in [-0.25, -0.2) is 0 Å². The summed E-state index contributed by atoms with van der Waals surface area (Å²) in [6.45, 7) is 11.3. The molecule has 1 nitrogen and oxygen atoms in total. The van der Waals surface area contributed by atoms with E-state index in [1.54, 1.807) is 0 Å². The van der Waals surface area contributed by atoms with Crippen molar-refractivity contribution >= 4 is 0 Å². The molecule has 0 aromatic heterocycles. The fourth-order valence-electron chi connectivity index (χ4n) is 7.34. The molecule has 44 heavy (non-hydrogen) atoms. The minimum absolute atomic E-state index is 1.37. The molecule has 0 amide bonds. The summed E-state index contributed by atoms with van der Waals surface area (Å²) in [5.41, 5.74) is 0. The summed E-state index contributed by atoms with van der Waals surface area (Å²) in [6, 6.07) is 0. The van der Waals surface area contributed by atoms with E-state index in [2.05, 4.69) is 27.8 Å². The van der Waals surface area contributed by atoms with Gasteiger partial charge in [0.15, 0.2) is 0 Å². The molecule has 266 valence electrons. The second kappa shape index (κ2) is 37.4. The van der Waals surface area contributed by atoms with Crippen molar-refractivity contribution in [3.05, 3.63) is 0 Å². The van der Waals surface area contributed by atoms with Gasteiger partial charge in [0.1, 0.15) is 0 Å². The van der Waals surface area contributed by atoms with Crippen molar-refractivity contribution < 1.29 is 4.48 Å². The number of unbranched alkanes of at least 4 members (excludes halogenated alkanes) is 33. The summed E-state index contributed by atoms with van der Waals surface area (Å²) in [5.74, 6) is 0. The first-order valence-electron chi connectivity index (χ1n) is 21.5. The highest BCUT2D eigenvalue weighted by Gasteiger charge is 2.20. The highest BCUT2D eigenvalue weighted by Crippen LogP contribution is 2.18. The van der Waals surface area contributed by atoms with Gasteiger partial charge in [-0.05, 0) is 38.5 Å². The average molecular weight is 621 g/mol. The molecule has 0 spiro atoms. The fourth-order valence-corrected chi connectivity index (χ4v) is 7.34. The van der Waals surface area contributed by atoms with Gasteiger partial charge in [-0.3, -0.25) is 0 Å². The monoisotopic (exact) mass is 621 g/mol. The van der Waals surface area contributed by atoms with E-state index in [9.17, 15) is 0 Å². The first-order valence-corrected chi connectivity index (χ1v) is 21.5. The van der Waals surface area contributed by atoms with Crippen LogP contribution in [-0.4, -0.2) is 31.2 Å². The van der Waals surface area contributed by atoms with Gasteiger partial charge < -0.3 is 4.48 Å². The SMILES string of the molecule is CCCCCCCCCCCCCCCC[N+](C)(CCCCCCCCCCCC)CCCCCCCCCCCCCC. The van der Waals surface area contributed by atoms with Crippen LogP contribution in [0.15, 0.2) is 0 Å². The smallest absolute Gasteiger partial charge is 0.0784 e. The zero-order valence-corrected chi connectivity index (χ0v) is 32.0. The summed E-state index contributed by atoms with van der Waals surface area (Å²) < 4.78 is 1.37. The largest absolute Gasteiger partial charge is 0.326 e. The summed E-state index contributed by atoms with van der Waals surface area (Å²) in [5, 5.41) is 0. The van der Waals surface area contributed by atoms with Crippen LogP contribution in [0.2, 0.25) is 0 Å². The van der Waals surface area contributed by atoms with Gasteiger partial charge in [-0.15, -0.1) is 0 Å². The lowest BCUT2D eigenvalue weighted by atomic mass is 10.0. The summed E-state index contributed by atoms with van der Waals surface area (Å²) >= 11 is 0. The predicted octanol–water partition coefficient (Wildman–Crippen LogP) is 15.5. The number of rotatable bonds is 39. The molecule has 1 heteroatoms. The minimum atomic E-state index is 1.37. The molecule has 0 aliphatic heterocycles. The normalized spacial score (nSPS) is 13.1. The van der Waals surface area contributed by atoms with Crippen LogP contribution in [0.3, 0.4) is 0 Å². The lowest BCUT2D eigenvalue weighted by Gasteiger charge is -2.35. The zero-order chi connectivity index (χ0) is 32.1. The van der Waals surface area contributed by atoms with Crippen molar-refractivity contribution in [1.29, 1.82) is 0 Å². The number of hydrogen-bond acceptors (Lipinski definition) is 0. The summed E-state index contributed by atoms with van der Waals surface area (Å²) in [6.07, 6.45) is 52.7. The standard InChI is InChI=1S/C43H90N/c1-5-8-11-14-17-20-23-25-26-28-31-34-37-40-43-44(4,41-38-35-32-29-22-19-16-13-10-7-3)42-39-36-33-30-27-24-21-18-15-12-9-6-2/h5-43H2,1-4H3/q+1. The van der Waals surface area contributed by atoms with Gasteiger partial charge in [0, 0.05) is 0 Å². The molecule has 0 radical (unpaired) electrons. The van der Waals surface area contributed by atoms with E-state index in [-0.39, 0.29) is 0 Å². The van der Waals surface area contributed by atoms with Gasteiger partial charge >= 0.3 is 0 Å². The third kappa shape index (κ3) is 34.8. The summed E-state index contributed by atoms with van der Waals surface area (Å²) in [7, 11) is 2.62. The second-order valence-corrected chi connectivity index (χ2v) is 15.5. The summed E-state index contributed by atoms with van der Waals surface area (Å²) in [4.78, 5) is 0. The van der Waals surface area contributed by atoms with E-state index in [1.165, 1.54) is 255 Å². The molecular formula is C43H90N+. The molecule has 0 N–H and O–H groups in total. The van der Waals surface area contributed by atoms with Crippen LogP contribution in [0.4, 0.5) is 0 Å². The molecule has 0 aromatic rings. The van der Waals surface area contributed by atoms with Crippen molar-refractivity contribution in [2.24, 2.45) is 0 Å². The topological polar surface area (TPSA) is 0 Å². The second-order valence-electron chi connectivity index (χ2n) is 15.5. The Morgan fingerprint density at radius 2 is 0.341 bits per heavy atom. The van der Waals surface area contributed by atoms with E-state index in [0.29, 0.717) is 0 Å². The predicted molar refractivity (Wildman–Crippen MR) is 204 cm³/mol. The lowest BCUT2D eigenvalue weighted by Crippen LogP contribution is -2.46. The van der Waals surface area contributed by atoms with Crippen LogP contribution in [-0.2, 0) is 0 Å². The Kier molecular flexibility index (Phi) is 37.4. The van der Waals surface area contributed by atoms with Crippen LogP contribution < -0.4 is 0 Å². The fraction of sp³-hybridized carbons (Fsp3) is 1.00. The Labute approximate surface area is 282 Å². The number of quaternary nitrogens is 1. The minimum Gasteiger partial charge on any atom is -0.326 e. The van der Waals surface area contributed by atoms with Crippen LogP contribution in [0.25, 0.3) is 0 Å². The number of hydrogen-bond donors (Lipinski definition) is 0. The highest BCUT2D eigenvalue weighted by atomic mass is 15.3. The molecule has 0 aliphatic rings. The Hall–Kier alpha value is -0.0400. The third-order valence-electron chi connectivity index (χ3n) is 10.7. The van der Waals surface area contributed by atoms with Gasteiger partial charge in [0.2, 0.25) is 0 Å². The van der Waals surface area contributed by atoms with Gasteiger partial charge in [0.05, 0.1) is 26.7 Å². The van der Waals surface area contributed by atoms with Gasteiger partial charge in [-0.1, -0.05) is 213 Å². The molecule has 1 atom stereocenters. The van der Waals surface area contributed by atoms with E-state index in [4.69, 9.17) is 0 Å². The Balaban J connectivity index is 4.04. The molecule has 0 fully saturated rings. The van der Waals surface area contributed by atoms with Gasteiger partial charge in [0.25, 0.3) is 0 Å². The lowest BCUT2D eigenvalue weighted by molar-refractivity contribution is -0.910. The van der Waals surface area contributed by atoms with Crippen molar-refractivity contribution in [3.63, 3.8) is 0 Å². The zero-order valence-electron chi connectivity index (χ0n) is 32.0. The average Bonchev–Trinajstić information content (AvgIpc) is 3.02. The molecule has 0 heterocycles. The van der Waals surface area contributed by atoms with Gasteiger partial charge in [-0.2, -0.15) is 0 Å². The maximum Gasteiger partial charge on any atom is 0.0784 e. The van der Waals surface area contributed by atoms with E-state index >= 15 is 0 Å². The van der Waals surface area contributed by atoms with E-state index in [0.717, 1.165) is 0 Å². The van der Waals surface area contributed by atoms with E-state index in [1.807, 2.05) is 0 Å². The number of nitrogens with zero attached hydrogens (tertiary/aromatic N) is 1. The molecule has 0 saturated carbocycles. The molecule has 0 bridgehead atoms. The maximum atomic E-state index is 2.62. The van der Waals surface area contributed by atoms with E-state index < -0.39 is 0 Å². The molecule has 0 aromatic carbocycles. The molecular weight excluding hydrogens is 530 g/mol. The first kappa shape index (κ1) is 44.0. The van der Waals surface area contributed by atoms with Crippen molar-refractivity contribution in [2.45, 2.75) is 252 Å². The molecule has 1 unspecified atom stereocenters.